The minimum atomic E-state index is -1.03. The molecule has 7 heteroatoms. The minimum absolute atomic E-state index is 0.0778. The molecule has 0 saturated heterocycles. The molecule has 0 aliphatic heterocycles. The fraction of sp³-hybridized carbons (Fsp3) is 0.286. The van der Waals surface area contributed by atoms with Crippen molar-refractivity contribution in [3.05, 3.63) is 93.2 Å². The number of carbonyl (C=O) groups excluding carboxylic acids is 1. The largest absolute Gasteiger partial charge is 0.489 e. The fourth-order valence-corrected chi connectivity index (χ4v) is 5.10. The Labute approximate surface area is 212 Å². The Kier molecular flexibility index (Phi) is 7.86. The Morgan fingerprint density at radius 3 is 2.51 bits per heavy atom. The second-order valence-electron chi connectivity index (χ2n) is 8.79. The van der Waals surface area contributed by atoms with Gasteiger partial charge in [0.2, 0.25) is 5.91 Å². The summed E-state index contributed by atoms with van der Waals surface area (Å²) in [6.45, 7) is 2.07. The molecule has 0 radical (unpaired) electrons. The lowest BCUT2D eigenvalue weighted by Crippen LogP contribution is -2.13. The van der Waals surface area contributed by atoms with Gasteiger partial charge in [0.25, 0.3) is 0 Å². The molecule has 182 valence electrons. The third-order valence-corrected chi connectivity index (χ3v) is 6.92. The number of halogens is 2. The predicted molar refractivity (Wildman–Crippen MR) is 137 cm³/mol. The van der Waals surface area contributed by atoms with E-state index in [-0.39, 0.29) is 29.1 Å². The van der Waals surface area contributed by atoms with Crippen LogP contribution in [-0.4, -0.2) is 17.0 Å². The second-order valence-corrected chi connectivity index (χ2v) is 9.71. The first-order valence-electron chi connectivity index (χ1n) is 11.7. The van der Waals surface area contributed by atoms with Crippen molar-refractivity contribution in [3.63, 3.8) is 0 Å². The Morgan fingerprint density at radius 1 is 1.06 bits per heavy atom. The number of hydrogen-bond acceptors (Lipinski definition) is 3. The Hall–Kier alpha value is -3.19. The van der Waals surface area contributed by atoms with Gasteiger partial charge in [-0.15, -0.1) is 0 Å². The molecule has 5 nitrogen and oxygen atoms in total. The van der Waals surface area contributed by atoms with Crippen molar-refractivity contribution < 1.29 is 23.8 Å². The lowest BCUT2D eigenvalue weighted by atomic mass is 9.83. The Morgan fingerprint density at radius 2 is 1.80 bits per heavy atom. The van der Waals surface area contributed by atoms with Gasteiger partial charge in [-0.2, -0.15) is 0 Å². The van der Waals surface area contributed by atoms with Gasteiger partial charge in [0, 0.05) is 16.6 Å². The van der Waals surface area contributed by atoms with E-state index in [0.29, 0.717) is 18.7 Å². The van der Waals surface area contributed by atoms with E-state index in [1.807, 2.05) is 18.2 Å². The number of nitrogens with one attached hydrogen (secondary N) is 1. The molecule has 1 aliphatic carbocycles. The van der Waals surface area contributed by atoms with Crippen molar-refractivity contribution in [1.82, 2.24) is 0 Å². The van der Waals surface area contributed by atoms with E-state index in [9.17, 15) is 19.1 Å². The molecule has 2 N–H and O–H groups in total. The number of carboxylic acids is 1. The smallest absolute Gasteiger partial charge is 0.335 e. The van der Waals surface area contributed by atoms with Crippen LogP contribution in [0, 0.1) is 5.82 Å². The number of anilines is 1. The molecule has 1 amide bonds. The van der Waals surface area contributed by atoms with E-state index in [2.05, 4.69) is 27.3 Å². The maximum absolute atomic E-state index is 13.3. The quantitative estimate of drug-likeness (QED) is 0.315. The highest BCUT2D eigenvalue weighted by atomic mass is 79.9. The van der Waals surface area contributed by atoms with E-state index < -0.39 is 5.97 Å². The first-order valence-corrected chi connectivity index (χ1v) is 12.5. The molecule has 0 heterocycles. The molecule has 1 fully saturated rings. The zero-order valence-corrected chi connectivity index (χ0v) is 21.0. The van der Waals surface area contributed by atoms with Gasteiger partial charge in [-0.05, 0) is 89.9 Å². The first kappa shape index (κ1) is 24.9. The molecular formula is C28H27BrFNO4. The van der Waals surface area contributed by atoms with Crippen molar-refractivity contribution in [2.45, 2.75) is 51.0 Å². The monoisotopic (exact) mass is 539 g/mol. The molecule has 4 rings (SSSR count). The first-order chi connectivity index (χ1) is 16.8. The van der Waals surface area contributed by atoms with Gasteiger partial charge in [-0.1, -0.05) is 41.4 Å². The van der Waals surface area contributed by atoms with E-state index in [4.69, 9.17) is 4.74 Å². The number of carboxylic acid groups (broad SMARTS) is 1. The van der Waals surface area contributed by atoms with Crippen LogP contribution in [0.2, 0.25) is 0 Å². The summed E-state index contributed by atoms with van der Waals surface area (Å²) in [6, 6.07) is 17.3. The van der Waals surface area contributed by atoms with Gasteiger partial charge in [0.15, 0.2) is 0 Å². The van der Waals surface area contributed by atoms with Crippen LogP contribution in [0.25, 0.3) is 0 Å². The van der Waals surface area contributed by atoms with Gasteiger partial charge in [0.1, 0.15) is 18.2 Å². The van der Waals surface area contributed by atoms with Crippen LogP contribution < -0.4 is 10.1 Å². The normalized spacial score (nSPS) is 17.2. The summed E-state index contributed by atoms with van der Waals surface area (Å²) in [5.74, 6) is -0.527. The molecule has 0 spiro atoms. The van der Waals surface area contributed by atoms with Gasteiger partial charge < -0.3 is 15.2 Å². The summed E-state index contributed by atoms with van der Waals surface area (Å²) in [7, 11) is 0. The van der Waals surface area contributed by atoms with Gasteiger partial charge >= 0.3 is 5.97 Å². The third-order valence-electron chi connectivity index (χ3n) is 6.43. The molecule has 1 aliphatic rings. The Balaban J connectivity index is 1.65. The summed E-state index contributed by atoms with van der Waals surface area (Å²) in [5, 5.41) is 12.5. The topological polar surface area (TPSA) is 75.6 Å². The molecule has 3 aromatic carbocycles. The average molecular weight is 540 g/mol. The van der Waals surface area contributed by atoms with Crippen molar-refractivity contribution in [1.29, 1.82) is 0 Å². The van der Waals surface area contributed by atoms with Gasteiger partial charge in [-0.3, -0.25) is 4.79 Å². The van der Waals surface area contributed by atoms with Gasteiger partial charge in [-0.25, -0.2) is 9.18 Å². The van der Waals surface area contributed by atoms with Crippen molar-refractivity contribution in [2.24, 2.45) is 0 Å². The standard InChI is InChI=1S/C28H27BrFNO4/c1-2-27(32)31-22-13-18(12-19(14-22)28(33)34)23-4-3-5-24(23)25-15-20(29)8-11-26(25)35-16-17-6-9-21(30)10-7-17/h6-15,23-24H,2-5,16H2,1H3,(H,31,32)(H,33,34). The number of hydrogen-bond donors (Lipinski definition) is 2. The predicted octanol–water partition coefficient (Wildman–Crippen LogP) is 7.27. The number of amides is 1. The second kappa shape index (κ2) is 11.0. The van der Waals surface area contributed by atoms with Crippen molar-refractivity contribution >= 4 is 33.5 Å². The lowest BCUT2D eigenvalue weighted by Gasteiger charge is -2.24. The molecule has 0 bridgehead atoms. The zero-order valence-electron chi connectivity index (χ0n) is 19.4. The van der Waals surface area contributed by atoms with E-state index in [0.717, 1.165) is 46.2 Å². The molecule has 2 atom stereocenters. The zero-order chi connectivity index (χ0) is 24.9. The summed E-state index contributed by atoms with van der Waals surface area (Å²) in [5.41, 5.74) is 3.46. The number of rotatable bonds is 8. The maximum atomic E-state index is 13.3. The van der Waals surface area contributed by atoms with Crippen LogP contribution in [-0.2, 0) is 11.4 Å². The number of carbonyl (C=O) groups is 2. The molecule has 0 aromatic heterocycles. The van der Waals surface area contributed by atoms with Crippen LogP contribution in [0.3, 0.4) is 0 Å². The summed E-state index contributed by atoms with van der Waals surface area (Å²) in [4.78, 5) is 23.8. The number of aromatic carboxylic acids is 1. The molecule has 1 saturated carbocycles. The van der Waals surface area contributed by atoms with E-state index in [1.165, 1.54) is 18.2 Å². The van der Waals surface area contributed by atoms with Crippen LogP contribution in [0.1, 0.15) is 71.5 Å². The summed E-state index contributed by atoms with van der Waals surface area (Å²) in [6.07, 6.45) is 3.14. The number of benzene rings is 3. The van der Waals surface area contributed by atoms with Crippen molar-refractivity contribution in [3.8, 4) is 5.75 Å². The molecule has 35 heavy (non-hydrogen) atoms. The fourth-order valence-electron chi connectivity index (χ4n) is 4.72. The van der Waals surface area contributed by atoms with Crippen molar-refractivity contribution in [2.75, 3.05) is 5.32 Å². The maximum Gasteiger partial charge on any atom is 0.335 e. The van der Waals surface area contributed by atoms with Crippen LogP contribution in [0.15, 0.2) is 65.1 Å². The SMILES string of the molecule is CCC(=O)Nc1cc(C(=O)O)cc(C2CCCC2c2cc(Br)ccc2OCc2ccc(F)cc2)c1. The minimum Gasteiger partial charge on any atom is -0.489 e. The van der Waals surface area contributed by atoms with E-state index >= 15 is 0 Å². The highest BCUT2D eigenvalue weighted by molar-refractivity contribution is 9.10. The summed E-state index contributed by atoms with van der Waals surface area (Å²) < 4.78 is 20.4. The van der Waals surface area contributed by atoms with E-state index in [1.54, 1.807) is 25.1 Å². The molecule has 3 aromatic rings. The summed E-state index contributed by atoms with van der Waals surface area (Å²) >= 11 is 3.58. The number of ether oxygens (including phenoxy) is 1. The lowest BCUT2D eigenvalue weighted by molar-refractivity contribution is -0.115. The molecular weight excluding hydrogens is 513 g/mol. The van der Waals surface area contributed by atoms with Crippen LogP contribution in [0.4, 0.5) is 10.1 Å². The van der Waals surface area contributed by atoms with Crippen LogP contribution >= 0.6 is 15.9 Å². The highest BCUT2D eigenvalue weighted by Crippen LogP contribution is 2.49. The highest BCUT2D eigenvalue weighted by Gasteiger charge is 2.33. The third kappa shape index (κ3) is 6.09. The average Bonchev–Trinajstić information content (AvgIpc) is 3.34. The van der Waals surface area contributed by atoms with Crippen LogP contribution in [0.5, 0.6) is 5.75 Å². The van der Waals surface area contributed by atoms with Gasteiger partial charge in [0.05, 0.1) is 5.56 Å². The Bertz CT molecular complexity index is 1230. The molecule has 2 unspecified atom stereocenters.